The molecule has 2 bridgehead atoms. The van der Waals surface area contributed by atoms with E-state index in [-0.39, 0.29) is 10.9 Å². The Balaban J connectivity index is 1.91. The Bertz CT molecular complexity index is 319. The summed E-state index contributed by atoms with van der Waals surface area (Å²) in [6, 6.07) is 11.4. The van der Waals surface area contributed by atoms with Crippen LogP contribution in [0.4, 0.5) is 0 Å². The third-order valence-corrected chi connectivity index (χ3v) is 7.74. The maximum Gasteiger partial charge on any atom is -0.00960 e. The molecule has 0 radical (unpaired) electrons. The molecule has 2 atom stereocenters. The first kappa shape index (κ1) is 10.7. The lowest BCUT2D eigenvalue weighted by Crippen LogP contribution is -2.22. The normalized spacial score (nSPS) is 36.6. The molecule has 1 aromatic carbocycles. The van der Waals surface area contributed by atoms with E-state index in [9.17, 15) is 0 Å². The Labute approximate surface area is 102 Å². The summed E-state index contributed by atoms with van der Waals surface area (Å²) in [7, 11) is 0.169. The van der Waals surface area contributed by atoms with Crippen LogP contribution in [-0.2, 0) is 0 Å². The van der Waals surface area contributed by atoms with Gasteiger partial charge in [0.1, 0.15) is 0 Å². The Morgan fingerprint density at radius 2 is 1.31 bits per heavy atom. The van der Waals surface area contributed by atoms with Crippen LogP contribution >= 0.6 is 10.9 Å². The van der Waals surface area contributed by atoms with Gasteiger partial charge in [0.05, 0.1) is 0 Å². The molecule has 0 saturated carbocycles. The summed E-state index contributed by atoms with van der Waals surface area (Å²) < 4.78 is 0. The van der Waals surface area contributed by atoms with Gasteiger partial charge in [0.25, 0.3) is 0 Å². The van der Waals surface area contributed by atoms with E-state index in [2.05, 4.69) is 30.3 Å². The topological polar surface area (TPSA) is 0 Å². The molecule has 2 heterocycles. The first-order valence-electron chi connectivity index (χ1n) is 6.78. The van der Waals surface area contributed by atoms with Crippen LogP contribution in [0, 0.1) is 0 Å². The fourth-order valence-corrected chi connectivity index (χ4v) is 7.31. The number of fused-ring (bicyclic) bond motifs is 2. The smallest absolute Gasteiger partial charge is 0.00960 e. The predicted octanol–water partition coefficient (Wildman–Crippen LogP) is 4.54. The SMILES string of the molecule is c1ccc([SH]2C3CCCCC2CCC3)cc1. The van der Waals surface area contributed by atoms with E-state index in [1.165, 1.54) is 44.9 Å². The minimum atomic E-state index is 0.169. The van der Waals surface area contributed by atoms with Gasteiger partial charge in [-0.15, -0.1) is 0 Å². The molecule has 2 fully saturated rings. The molecule has 2 unspecified atom stereocenters. The maximum absolute atomic E-state index is 2.39. The summed E-state index contributed by atoms with van der Waals surface area (Å²) in [6.07, 6.45) is 10.5. The van der Waals surface area contributed by atoms with Crippen LogP contribution in [0.5, 0.6) is 0 Å². The lowest BCUT2D eigenvalue weighted by molar-refractivity contribution is 0.601. The number of hydrogen-bond acceptors (Lipinski definition) is 0. The molecule has 0 amide bonds. The molecular formula is C15H22S. The van der Waals surface area contributed by atoms with E-state index in [0.717, 1.165) is 10.5 Å². The molecular weight excluding hydrogens is 212 g/mol. The summed E-state index contributed by atoms with van der Waals surface area (Å²) in [6.45, 7) is 0. The van der Waals surface area contributed by atoms with Gasteiger partial charge in [-0.1, -0.05) is 49.6 Å². The lowest BCUT2D eigenvalue weighted by atomic mass is 10.1. The highest BCUT2D eigenvalue weighted by Gasteiger charge is 2.32. The van der Waals surface area contributed by atoms with Crippen molar-refractivity contribution in [3.63, 3.8) is 0 Å². The maximum atomic E-state index is 2.39. The largest absolute Gasteiger partial charge is 0.221 e. The number of rotatable bonds is 1. The molecule has 0 N–H and O–H groups in total. The van der Waals surface area contributed by atoms with Gasteiger partial charge in [-0.05, 0) is 41.1 Å². The molecule has 0 aliphatic carbocycles. The molecule has 0 aromatic heterocycles. The molecule has 2 aliphatic heterocycles. The summed E-state index contributed by atoms with van der Waals surface area (Å²) in [4.78, 5) is 1.69. The van der Waals surface area contributed by atoms with Crippen molar-refractivity contribution in [2.45, 2.75) is 60.3 Å². The second-order valence-electron chi connectivity index (χ2n) is 5.27. The van der Waals surface area contributed by atoms with Crippen LogP contribution < -0.4 is 0 Å². The zero-order valence-electron chi connectivity index (χ0n) is 9.94. The van der Waals surface area contributed by atoms with Gasteiger partial charge in [0.15, 0.2) is 0 Å². The van der Waals surface area contributed by atoms with Crippen molar-refractivity contribution in [3.05, 3.63) is 30.3 Å². The highest BCUT2D eigenvalue weighted by molar-refractivity contribution is 8.18. The molecule has 0 spiro atoms. The van der Waals surface area contributed by atoms with Crippen molar-refractivity contribution in [3.8, 4) is 0 Å². The summed E-state index contributed by atoms with van der Waals surface area (Å²) in [5.74, 6) is 0. The number of thiol groups is 1. The van der Waals surface area contributed by atoms with Gasteiger partial charge < -0.3 is 0 Å². The lowest BCUT2D eigenvalue weighted by Gasteiger charge is -2.40. The second-order valence-corrected chi connectivity index (χ2v) is 8.06. The first-order chi connectivity index (χ1) is 7.95. The monoisotopic (exact) mass is 234 g/mol. The molecule has 1 heteroatoms. The average Bonchev–Trinajstić information content (AvgIpc) is 2.46. The quantitative estimate of drug-likeness (QED) is 0.678. The molecule has 0 nitrogen and oxygen atoms in total. The van der Waals surface area contributed by atoms with Gasteiger partial charge in [-0.25, -0.2) is 10.9 Å². The van der Waals surface area contributed by atoms with E-state index in [0.29, 0.717) is 0 Å². The highest BCUT2D eigenvalue weighted by atomic mass is 32.2. The van der Waals surface area contributed by atoms with E-state index in [4.69, 9.17) is 0 Å². The van der Waals surface area contributed by atoms with Gasteiger partial charge in [0.2, 0.25) is 0 Å². The minimum Gasteiger partial charge on any atom is -0.221 e. The third kappa shape index (κ3) is 2.02. The highest BCUT2D eigenvalue weighted by Crippen LogP contribution is 2.56. The Morgan fingerprint density at radius 1 is 0.750 bits per heavy atom. The van der Waals surface area contributed by atoms with Crippen LogP contribution in [0.15, 0.2) is 35.2 Å². The van der Waals surface area contributed by atoms with Crippen LogP contribution in [0.2, 0.25) is 0 Å². The predicted molar refractivity (Wildman–Crippen MR) is 73.6 cm³/mol. The van der Waals surface area contributed by atoms with Crippen molar-refractivity contribution < 1.29 is 0 Å². The number of hydrogen-bond donors (Lipinski definition) is 1. The van der Waals surface area contributed by atoms with Crippen LogP contribution in [0.25, 0.3) is 0 Å². The molecule has 2 saturated heterocycles. The van der Waals surface area contributed by atoms with Crippen molar-refractivity contribution in [2.24, 2.45) is 0 Å². The van der Waals surface area contributed by atoms with E-state index < -0.39 is 0 Å². The van der Waals surface area contributed by atoms with E-state index in [1.54, 1.807) is 4.90 Å². The number of benzene rings is 1. The molecule has 16 heavy (non-hydrogen) atoms. The molecule has 88 valence electrons. The molecule has 3 rings (SSSR count). The Kier molecular flexibility index (Phi) is 3.23. The van der Waals surface area contributed by atoms with Crippen LogP contribution in [0.3, 0.4) is 0 Å². The first-order valence-corrected chi connectivity index (χ1v) is 8.26. The molecule has 1 aromatic rings. The fraction of sp³-hybridized carbons (Fsp3) is 0.600. The van der Waals surface area contributed by atoms with Crippen molar-refractivity contribution in [1.82, 2.24) is 0 Å². The minimum absolute atomic E-state index is 0.169. The van der Waals surface area contributed by atoms with Crippen molar-refractivity contribution in [1.29, 1.82) is 0 Å². The summed E-state index contributed by atoms with van der Waals surface area (Å²) in [5.41, 5.74) is 0. The van der Waals surface area contributed by atoms with Crippen molar-refractivity contribution in [2.75, 3.05) is 0 Å². The van der Waals surface area contributed by atoms with E-state index >= 15 is 0 Å². The summed E-state index contributed by atoms with van der Waals surface area (Å²) >= 11 is 0. The van der Waals surface area contributed by atoms with E-state index in [1.807, 2.05) is 0 Å². The second kappa shape index (κ2) is 4.83. The standard InChI is InChI=1S/C15H22S/c1-2-7-13(8-3-1)16-14-9-4-5-10-15(16)12-6-11-14/h1-3,7-8,14-16H,4-6,9-12H2. The molecule has 2 aliphatic rings. The average molecular weight is 234 g/mol. The van der Waals surface area contributed by atoms with Gasteiger partial charge >= 0.3 is 0 Å². The Hall–Kier alpha value is -0.430. The van der Waals surface area contributed by atoms with Crippen LogP contribution in [-0.4, -0.2) is 10.5 Å². The zero-order chi connectivity index (χ0) is 10.8. The Morgan fingerprint density at radius 3 is 1.94 bits per heavy atom. The van der Waals surface area contributed by atoms with Gasteiger partial charge in [-0.2, -0.15) is 0 Å². The fourth-order valence-electron chi connectivity index (χ4n) is 3.51. The summed E-state index contributed by atoms with van der Waals surface area (Å²) in [5, 5.41) is 2.11. The van der Waals surface area contributed by atoms with Crippen LogP contribution in [0.1, 0.15) is 44.9 Å². The van der Waals surface area contributed by atoms with Crippen molar-refractivity contribution >= 4 is 10.9 Å². The third-order valence-electron chi connectivity index (χ3n) is 4.24. The van der Waals surface area contributed by atoms with Gasteiger partial charge in [-0.3, -0.25) is 0 Å². The van der Waals surface area contributed by atoms with Gasteiger partial charge in [0, 0.05) is 0 Å². The zero-order valence-corrected chi connectivity index (χ0v) is 10.8.